The lowest BCUT2D eigenvalue weighted by molar-refractivity contribution is 0.0240. The van der Waals surface area contributed by atoms with Gasteiger partial charge in [-0.15, -0.1) is 0 Å². The third kappa shape index (κ3) is 9.82. The van der Waals surface area contributed by atoms with Gasteiger partial charge in [0.1, 0.15) is 23.0 Å². The number of aliphatic hydroxyl groups excluding tert-OH is 1. The summed E-state index contributed by atoms with van der Waals surface area (Å²) >= 11 is 3.42. The Hall–Kier alpha value is -3.89. The summed E-state index contributed by atoms with van der Waals surface area (Å²) in [5.74, 6) is -0.0963. The highest BCUT2D eigenvalue weighted by molar-refractivity contribution is 9.10. The van der Waals surface area contributed by atoms with E-state index in [2.05, 4.69) is 36.5 Å². The van der Waals surface area contributed by atoms with Crippen molar-refractivity contribution < 1.29 is 32.6 Å². The molecule has 1 amide bonds. The standard InChI is InChI=1S/C32H43BrFN7O6S/c1-32(2,3)47-31(44)41-14-12-40(13-15-41)28-21(9-7-6-8-16-42)17-22(18-25(28)34)36-30-35-20-24(33)29(38-30)37-26-11-10-23(43)19-27(26)39(4)48(5,45)46/h10-11,17-20,42-43H,6-9,12-16H2,1-5H3,(H2,35,36,37,38). The van der Waals surface area contributed by atoms with Crippen molar-refractivity contribution >= 4 is 66.6 Å². The number of anilines is 6. The minimum atomic E-state index is -3.64. The number of benzene rings is 2. The molecule has 1 saturated heterocycles. The van der Waals surface area contributed by atoms with Crippen LogP contribution in [-0.4, -0.2) is 91.3 Å². The molecular formula is C32H43BrFN7O6S. The van der Waals surface area contributed by atoms with Gasteiger partial charge in [-0.1, -0.05) is 6.42 Å². The van der Waals surface area contributed by atoms with Crippen LogP contribution in [0.1, 0.15) is 45.6 Å². The van der Waals surface area contributed by atoms with Crippen LogP contribution in [-0.2, 0) is 21.2 Å². The molecule has 0 aliphatic carbocycles. The van der Waals surface area contributed by atoms with Crippen molar-refractivity contribution in [3.8, 4) is 5.75 Å². The highest BCUT2D eigenvalue weighted by Crippen LogP contribution is 2.36. The van der Waals surface area contributed by atoms with Gasteiger partial charge in [-0.25, -0.2) is 22.6 Å². The molecule has 2 heterocycles. The van der Waals surface area contributed by atoms with E-state index in [0.29, 0.717) is 66.4 Å². The highest BCUT2D eigenvalue weighted by Gasteiger charge is 2.28. The minimum absolute atomic E-state index is 0.0862. The van der Waals surface area contributed by atoms with E-state index in [0.717, 1.165) is 29.0 Å². The summed E-state index contributed by atoms with van der Waals surface area (Å²) in [6.07, 6.45) is 4.91. The molecular weight excluding hydrogens is 709 g/mol. The molecule has 0 atom stereocenters. The van der Waals surface area contributed by atoms with E-state index in [9.17, 15) is 23.4 Å². The summed E-state index contributed by atoms with van der Waals surface area (Å²) in [7, 11) is -2.27. The predicted molar refractivity (Wildman–Crippen MR) is 189 cm³/mol. The molecule has 4 N–H and O–H groups in total. The fourth-order valence-electron chi connectivity index (χ4n) is 5.15. The number of carbonyl (C=O) groups is 1. The first kappa shape index (κ1) is 36.9. The van der Waals surface area contributed by atoms with Crippen LogP contribution < -0.4 is 19.8 Å². The van der Waals surface area contributed by atoms with Crippen molar-refractivity contribution in [2.24, 2.45) is 0 Å². The molecule has 1 aromatic heterocycles. The predicted octanol–water partition coefficient (Wildman–Crippen LogP) is 5.73. The number of aromatic nitrogens is 2. The number of aryl methyl sites for hydroxylation is 1. The molecule has 1 fully saturated rings. The first-order chi connectivity index (χ1) is 22.6. The zero-order valence-corrected chi connectivity index (χ0v) is 30.2. The normalized spacial score (nSPS) is 13.8. The van der Waals surface area contributed by atoms with Crippen molar-refractivity contribution in [1.29, 1.82) is 0 Å². The fraction of sp³-hybridized carbons (Fsp3) is 0.469. The number of nitrogens with zero attached hydrogens (tertiary/aromatic N) is 5. The maximum absolute atomic E-state index is 16.0. The Balaban J connectivity index is 1.58. The van der Waals surface area contributed by atoms with Gasteiger partial charge in [0.25, 0.3) is 0 Å². The van der Waals surface area contributed by atoms with Gasteiger partial charge < -0.3 is 35.4 Å². The Bertz CT molecular complexity index is 1720. The second kappa shape index (κ2) is 15.6. The Kier molecular flexibility index (Phi) is 12.0. The number of aromatic hydroxyl groups is 1. The molecule has 0 saturated carbocycles. The van der Waals surface area contributed by atoms with Crippen LogP contribution in [0.5, 0.6) is 5.75 Å². The van der Waals surface area contributed by atoms with Gasteiger partial charge in [0.2, 0.25) is 16.0 Å². The SMILES string of the molecule is CN(c1cc(O)ccc1Nc1nc(Nc2cc(F)c(N3CCN(C(=O)OC(C)(C)C)CC3)c(CCCCCO)c2)ncc1Br)S(C)(=O)=O. The number of piperazine rings is 1. The monoisotopic (exact) mass is 751 g/mol. The molecule has 1 aliphatic heterocycles. The highest BCUT2D eigenvalue weighted by atomic mass is 79.9. The summed E-state index contributed by atoms with van der Waals surface area (Å²) in [5.41, 5.74) is 1.63. The van der Waals surface area contributed by atoms with Crippen LogP contribution >= 0.6 is 15.9 Å². The van der Waals surface area contributed by atoms with Crippen LogP contribution in [0.15, 0.2) is 41.0 Å². The third-order valence-electron chi connectivity index (χ3n) is 7.57. The van der Waals surface area contributed by atoms with Gasteiger partial charge in [0.05, 0.1) is 27.8 Å². The number of amides is 1. The molecule has 0 unspecified atom stereocenters. The topological polar surface area (TPSA) is 160 Å². The number of nitrogens with one attached hydrogen (secondary N) is 2. The van der Waals surface area contributed by atoms with Crippen LogP contribution in [0, 0.1) is 5.82 Å². The van der Waals surface area contributed by atoms with Crippen molar-refractivity contribution in [3.63, 3.8) is 0 Å². The van der Waals surface area contributed by atoms with Gasteiger partial charge in [-0.05, 0) is 85.8 Å². The van der Waals surface area contributed by atoms with Gasteiger partial charge in [-0.2, -0.15) is 4.98 Å². The molecule has 3 aromatic rings. The lowest BCUT2D eigenvalue weighted by Gasteiger charge is -2.37. The van der Waals surface area contributed by atoms with Gasteiger partial charge in [-0.3, -0.25) is 4.31 Å². The molecule has 0 bridgehead atoms. The van der Waals surface area contributed by atoms with Crippen LogP contribution in [0.4, 0.5) is 43.7 Å². The quantitative estimate of drug-likeness (QED) is 0.132. The Morgan fingerprint density at radius 3 is 2.46 bits per heavy atom. The fourth-order valence-corrected chi connectivity index (χ4v) is 5.95. The van der Waals surface area contributed by atoms with Crippen LogP contribution in [0.2, 0.25) is 0 Å². The van der Waals surface area contributed by atoms with E-state index < -0.39 is 21.4 Å². The molecule has 16 heteroatoms. The average Bonchev–Trinajstić information content (AvgIpc) is 3.00. The van der Waals surface area contributed by atoms with E-state index in [-0.39, 0.29) is 30.1 Å². The molecule has 262 valence electrons. The summed E-state index contributed by atoms with van der Waals surface area (Å²) < 4.78 is 47.5. The zero-order chi connectivity index (χ0) is 35.2. The maximum atomic E-state index is 16.0. The maximum Gasteiger partial charge on any atom is 0.410 e. The number of sulfonamides is 1. The Morgan fingerprint density at radius 1 is 1.10 bits per heavy atom. The number of phenols is 1. The van der Waals surface area contributed by atoms with Gasteiger partial charge in [0.15, 0.2) is 0 Å². The second-order valence-corrected chi connectivity index (χ2v) is 15.4. The molecule has 1 aliphatic rings. The first-order valence-electron chi connectivity index (χ1n) is 15.6. The minimum Gasteiger partial charge on any atom is -0.508 e. The average molecular weight is 753 g/mol. The van der Waals surface area contributed by atoms with E-state index in [1.54, 1.807) is 4.90 Å². The van der Waals surface area contributed by atoms with Crippen LogP contribution in [0.25, 0.3) is 0 Å². The summed E-state index contributed by atoms with van der Waals surface area (Å²) in [6.45, 7) is 7.20. The van der Waals surface area contributed by atoms with E-state index in [1.807, 2.05) is 31.7 Å². The van der Waals surface area contributed by atoms with Crippen molar-refractivity contribution in [2.75, 3.05) is 65.9 Å². The van der Waals surface area contributed by atoms with Crippen LogP contribution in [0.3, 0.4) is 0 Å². The lowest BCUT2D eigenvalue weighted by Crippen LogP contribution is -2.50. The molecule has 48 heavy (non-hydrogen) atoms. The number of hydrogen-bond donors (Lipinski definition) is 4. The molecule has 0 spiro atoms. The van der Waals surface area contributed by atoms with Gasteiger partial charge >= 0.3 is 6.09 Å². The van der Waals surface area contributed by atoms with Gasteiger partial charge in [0, 0.05) is 57.8 Å². The largest absolute Gasteiger partial charge is 0.508 e. The first-order valence-corrected chi connectivity index (χ1v) is 18.2. The van der Waals surface area contributed by atoms with Crippen molar-refractivity contribution in [1.82, 2.24) is 14.9 Å². The number of rotatable bonds is 12. The Morgan fingerprint density at radius 2 is 1.81 bits per heavy atom. The summed E-state index contributed by atoms with van der Waals surface area (Å²) in [5, 5.41) is 25.5. The number of ether oxygens (including phenoxy) is 1. The summed E-state index contributed by atoms with van der Waals surface area (Å²) in [4.78, 5) is 25.0. The Labute approximate surface area is 289 Å². The second-order valence-electron chi connectivity index (χ2n) is 12.5. The molecule has 13 nitrogen and oxygen atoms in total. The third-order valence-corrected chi connectivity index (χ3v) is 9.34. The number of hydrogen-bond acceptors (Lipinski definition) is 11. The summed E-state index contributed by atoms with van der Waals surface area (Å²) in [6, 6.07) is 7.50. The number of unbranched alkanes of at least 4 members (excludes halogenated alkanes) is 2. The number of halogens is 2. The number of aliphatic hydroxyl groups is 1. The van der Waals surface area contributed by atoms with E-state index in [1.165, 1.54) is 37.5 Å². The van der Waals surface area contributed by atoms with E-state index in [4.69, 9.17) is 4.74 Å². The molecule has 0 radical (unpaired) electrons. The number of phenolic OH excluding ortho intramolecular Hbond substituents is 1. The molecule has 2 aromatic carbocycles. The van der Waals surface area contributed by atoms with E-state index >= 15 is 4.39 Å². The lowest BCUT2D eigenvalue weighted by atomic mass is 10.0. The number of carbonyl (C=O) groups excluding carboxylic acids is 1. The smallest absolute Gasteiger partial charge is 0.410 e. The van der Waals surface area contributed by atoms with Crippen molar-refractivity contribution in [2.45, 2.75) is 52.1 Å². The van der Waals surface area contributed by atoms with Crippen molar-refractivity contribution in [3.05, 3.63) is 52.4 Å². The zero-order valence-electron chi connectivity index (χ0n) is 27.8. The molecule has 4 rings (SSSR count).